The molecule has 0 saturated heterocycles. The summed E-state index contributed by atoms with van der Waals surface area (Å²) >= 11 is 0. The lowest BCUT2D eigenvalue weighted by molar-refractivity contribution is 0.662. The van der Waals surface area contributed by atoms with Crippen molar-refractivity contribution in [2.75, 3.05) is 0 Å². The van der Waals surface area contributed by atoms with Crippen molar-refractivity contribution in [3.63, 3.8) is 0 Å². The van der Waals surface area contributed by atoms with Gasteiger partial charge in [0.25, 0.3) is 0 Å². The Morgan fingerprint density at radius 2 is 0.581 bits per heavy atom. The van der Waals surface area contributed by atoms with Crippen molar-refractivity contribution < 1.29 is 4.42 Å². The fourth-order valence-corrected chi connectivity index (χ4v) is 23.6. The second-order valence-electron chi connectivity index (χ2n) is 37.2. The molecule has 3 aliphatic carbocycles. The highest BCUT2D eigenvalue weighted by Crippen LogP contribution is 2.64. The van der Waals surface area contributed by atoms with Crippen LogP contribution in [0.3, 0.4) is 0 Å². The van der Waals surface area contributed by atoms with Crippen molar-refractivity contribution >= 4 is 109 Å². The smallest absolute Gasteiger partial charge is 0.143 e. The summed E-state index contributed by atoms with van der Waals surface area (Å²) in [6.07, 6.45) is 0. The number of fused-ring (bicyclic) bond motifs is 27. The van der Waals surface area contributed by atoms with Gasteiger partial charge in [0.2, 0.25) is 0 Å². The summed E-state index contributed by atoms with van der Waals surface area (Å²) in [5.74, 6) is 0. The predicted octanol–water partition coefficient (Wildman–Crippen LogP) is 35.2. The first-order valence-electron chi connectivity index (χ1n) is 47.2. The lowest BCUT2D eigenvalue weighted by atomic mass is 9.70. The second kappa shape index (κ2) is 31.1. The van der Waals surface area contributed by atoms with Crippen LogP contribution in [0.1, 0.15) is 47.2 Å². The summed E-state index contributed by atoms with van der Waals surface area (Å²) in [6, 6.07) is 180. The van der Waals surface area contributed by atoms with Gasteiger partial charge < -0.3 is 18.1 Å². The minimum atomic E-state index is -0.342. The summed E-state index contributed by atoms with van der Waals surface area (Å²) in [5, 5.41) is 14.9. The molecule has 0 unspecified atom stereocenters. The van der Waals surface area contributed by atoms with Crippen LogP contribution in [0.2, 0.25) is 0 Å². The topological polar surface area (TPSA) is 27.9 Å². The van der Waals surface area contributed by atoms with Crippen LogP contribution in [0.4, 0.5) is 0 Å². The second-order valence-corrected chi connectivity index (χ2v) is 37.2. The van der Waals surface area contributed by atoms with E-state index in [1.807, 2.05) is 12.1 Å². The summed E-state index contributed by atoms with van der Waals surface area (Å²) in [7, 11) is 0. The molecule has 136 heavy (non-hydrogen) atoms. The number of rotatable bonds is 9. The van der Waals surface area contributed by atoms with Gasteiger partial charge in [-0.25, -0.2) is 0 Å². The van der Waals surface area contributed by atoms with E-state index in [4.69, 9.17) is 4.42 Å². The van der Waals surface area contributed by atoms with Gasteiger partial charge in [-0.2, -0.15) is 0 Å². The van der Waals surface area contributed by atoms with Gasteiger partial charge in [0.15, 0.2) is 0 Å². The van der Waals surface area contributed by atoms with Crippen molar-refractivity contribution in [2.45, 2.75) is 24.7 Å². The van der Waals surface area contributed by atoms with Crippen LogP contribution >= 0.6 is 0 Å². The maximum atomic E-state index is 6.42. The first kappa shape index (κ1) is 78.4. The Labute approximate surface area is 788 Å². The first-order chi connectivity index (χ1) is 67.2. The van der Waals surface area contributed by atoms with Crippen LogP contribution < -0.4 is 0 Å². The van der Waals surface area contributed by atoms with Gasteiger partial charge >= 0.3 is 0 Å². The monoisotopic (exact) mass is 1730 g/mol. The lowest BCUT2D eigenvalue weighted by Crippen LogP contribution is -2.25. The van der Waals surface area contributed by atoms with E-state index in [0.717, 1.165) is 38.8 Å². The van der Waals surface area contributed by atoms with Gasteiger partial charge in [-0.3, -0.25) is 0 Å². The summed E-state index contributed by atoms with van der Waals surface area (Å²) in [4.78, 5) is 0. The van der Waals surface area contributed by atoms with Crippen molar-refractivity contribution in [1.29, 1.82) is 0 Å². The molecule has 26 aromatic rings. The molecule has 22 aromatic carbocycles. The highest BCUT2D eigenvalue weighted by molar-refractivity contribution is 6.17. The summed E-state index contributed by atoms with van der Waals surface area (Å²) < 4.78 is 13.7. The standard InChI is InChI=1S/C47H29N.C43H31N.C42H27NO/c1-2-12-31-27-34(24-21-30(31)11-1)48-45-20-10-6-16-39(45)40-28-32(23-26-46(40)48)33-22-25-38-37-15-5-9-19-43(37)47(44(38)29-33)41-17-7-3-13-35(41)36-14-4-8-18-42(36)47;1-43(2)38-21-10-8-16-33(38)36-20-12-19-31(42(36)43)29-23-25-41-37(27-29)35-18-9-11-22-39(35)44(41)40-26-24-30(28-13-4-3-5-14-28)32-15-6-7-17-34(32)40;1-3-12-28(13-4-1)31-24-32(29-14-5-2-6-15-29)26-33(25-31)43-39-20-9-7-16-35(39)38-27-30(22-23-40(38)43)34-18-11-19-37-36-17-8-10-21-41(36)44-42(34)37/h1-29H;3-27H,1-2H3;1-27H. The highest BCUT2D eigenvalue weighted by Gasteiger charge is 2.52. The number of aromatic nitrogens is 3. The third-order valence-corrected chi connectivity index (χ3v) is 29.6. The summed E-state index contributed by atoms with van der Waals surface area (Å²) in [6.45, 7) is 4.74. The van der Waals surface area contributed by atoms with E-state index in [1.165, 1.54) is 221 Å². The zero-order chi connectivity index (χ0) is 89.9. The minimum absolute atomic E-state index is 0.0646. The van der Waals surface area contributed by atoms with Crippen LogP contribution in [-0.4, -0.2) is 13.7 Å². The minimum Gasteiger partial charge on any atom is -0.455 e. The number of hydrogen-bond acceptors (Lipinski definition) is 1. The van der Waals surface area contributed by atoms with E-state index < -0.39 is 0 Å². The average molecular weight is 1730 g/mol. The molecule has 1 spiro atoms. The predicted molar refractivity (Wildman–Crippen MR) is 571 cm³/mol. The molecule has 636 valence electrons. The molecule has 0 fully saturated rings. The summed E-state index contributed by atoms with van der Waals surface area (Å²) in [5.41, 5.74) is 43.2. The molecule has 4 heteroatoms. The van der Waals surface area contributed by atoms with Crippen molar-refractivity contribution in [3.8, 4) is 117 Å². The first-order valence-corrected chi connectivity index (χ1v) is 47.2. The van der Waals surface area contributed by atoms with Gasteiger partial charge in [0.1, 0.15) is 11.2 Å². The zero-order valence-electron chi connectivity index (χ0n) is 75.0. The molecule has 4 aromatic heterocycles. The normalized spacial score (nSPS) is 12.9. The Hall–Kier alpha value is -17.4. The molecule has 0 amide bonds. The molecular weight excluding hydrogens is 1640 g/mol. The molecule has 3 aliphatic rings. The van der Waals surface area contributed by atoms with Crippen LogP contribution in [0.5, 0.6) is 0 Å². The molecule has 4 heterocycles. The van der Waals surface area contributed by atoms with Crippen LogP contribution in [0.15, 0.2) is 496 Å². The number of hydrogen-bond donors (Lipinski definition) is 0. The lowest BCUT2D eigenvalue weighted by Gasteiger charge is -2.30. The largest absolute Gasteiger partial charge is 0.455 e. The van der Waals surface area contributed by atoms with E-state index in [1.54, 1.807) is 0 Å². The average Bonchev–Trinajstić information content (AvgIpc) is 1.50. The Morgan fingerprint density at radius 3 is 1.19 bits per heavy atom. The van der Waals surface area contributed by atoms with Gasteiger partial charge in [-0.15, -0.1) is 0 Å². The number of benzene rings is 22. The van der Waals surface area contributed by atoms with E-state index >= 15 is 0 Å². The molecule has 0 atom stereocenters. The van der Waals surface area contributed by atoms with Gasteiger partial charge in [-0.1, -0.05) is 402 Å². The molecule has 29 rings (SSSR count). The Morgan fingerprint density at radius 1 is 0.184 bits per heavy atom. The number of furan rings is 1. The van der Waals surface area contributed by atoms with Crippen LogP contribution in [-0.2, 0) is 10.8 Å². The molecule has 0 N–H and O–H groups in total. The zero-order valence-corrected chi connectivity index (χ0v) is 75.0. The Bertz CT molecular complexity index is 9280. The van der Waals surface area contributed by atoms with Crippen molar-refractivity contribution in [2.24, 2.45) is 0 Å². The highest BCUT2D eigenvalue weighted by atomic mass is 16.3. The SMILES string of the molecule is CC1(C)c2ccccc2-c2cccc(-c3ccc4c(c3)c3ccccc3n4-c3ccc(-c4ccccc4)c4ccccc34)c21.c1ccc(-c2cc(-c3ccccc3)cc(-n3c4ccccc4c4cc(-c5cccc6c5oc5ccccc56)ccc43)c2)cc1.c1ccc2c(c1)-c1ccccc1C21c2ccccc2-c2ccc(-c3ccc4c(c3)c3ccccc3n4-c3ccc4ccccc4c3)cc21. The molecule has 0 aliphatic heterocycles. The van der Waals surface area contributed by atoms with Gasteiger partial charge in [0.05, 0.1) is 44.2 Å². The molecule has 0 saturated carbocycles. The van der Waals surface area contributed by atoms with E-state index in [9.17, 15) is 0 Å². The third-order valence-electron chi connectivity index (χ3n) is 29.6. The molecule has 4 nitrogen and oxygen atoms in total. The molecule has 0 radical (unpaired) electrons. The fourth-order valence-electron chi connectivity index (χ4n) is 23.6. The maximum absolute atomic E-state index is 6.42. The van der Waals surface area contributed by atoms with E-state index in [0.29, 0.717) is 0 Å². The van der Waals surface area contributed by atoms with Gasteiger partial charge in [0, 0.05) is 70.8 Å². The fraction of sp³-hybridized carbons (Fsp3) is 0.0303. The van der Waals surface area contributed by atoms with E-state index in [2.05, 4.69) is 507 Å². The maximum Gasteiger partial charge on any atom is 0.143 e. The Balaban J connectivity index is 0.000000104. The van der Waals surface area contributed by atoms with Crippen LogP contribution in [0.25, 0.3) is 226 Å². The number of para-hydroxylation sites is 5. The van der Waals surface area contributed by atoms with Crippen molar-refractivity contribution in [1.82, 2.24) is 13.7 Å². The third kappa shape index (κ3) is 12.1. The van der Waals surface area contributed by atoms with Crippen molar-refractivity contribution in [3.05, 3.63) is 525 Å². The number of nitrogens with zero attached hydrogens (tertiary/aromatic N) is 3. The Kier molecular flexibility index (Phi) is 17.9. The van der Waals surface area contributed by atoms with Gasteiger partial charge in [-0.05, 0) is 247 Å². The van der Waals surface area contributed by atoms with E-state index in [-0.39, 0.29) is 10.8 Å². The molecular formula is C132H87N3O. The molecule has 0 bridgehead atoms. The van der Waals surface area contributed by atoms with Crippen LogP contribution in [0, 0.1) is 0 Å². The quantitative estimate of drug-likeness (QED) is 0.142.